The van der Waals surface area contributed by atoms with Crippen molar-refractivity contribution in [3.8, 4) is 0 Å². The molecule has 0 radical (unpaired) electrons. The van der Waals surface area contributed by atoms with Crippen molar-refractivity contribution in [1.29, 1.82) is 0 Å². The summed E-state index contributed by atoms with van der Waals surface area (Å²) in [6, 6.07) is -0.0331. The first-order valence-corrected chi connectivity index (χ1v) is 6.12. The van der Waals surface area contributed by atoms with Crippen molar-refractivity contribution in [3.05, 3.63) is 0 Å². The molecule has 0 aliphatic carbocycles. The van der Waals surface area contributed by atoms with E-state index in [2.05, 4.69) is 9.64 Å². The van der Waals surface area contributed by atoms with Crippen molar-refractivity contribution in [3.63, 3.8) is 0 Å². The molecule has 7 heteroatoms. The van der Waals surface area contributed by atoms with Crippen molar-refractivity contribution in [1.82, 2.24) is 4.90 Å². The van der Waals surface area contributed by atoms with Gasteiger partial charge in [-0.25, -0.2) is 0 Å². The Kier molecular flexibility index (Phi) is 6.34. The van der Waals surface area contributed by atoms with Crippen molar-refractivity contribution >= 4 is 0 Å². The molecular weight excluding hydrogens is 249 g/mol. The molecule has 0 aromatic heterocycles. The van der Waals surface area contributed by atoms with Crippen LogP contribution in [-0.4, -0.2) is 62.7 Å². The van der Waals surface area contributed by atoms with Gasteiger partial charge in [-0.05, 0) is 13.3 Å². The molecule has 2 atom stereocenters. The minimum Gasteiger partial charge on any atom is -0.374 e. The lowest BCUT2D eigenvalue weighted by Gasteiger charge is -2.34. The topological polar surface area (TPSA) is 47.7 Å². The van der Waals surface area contributed by atoms with Crippen LogP contribution in [0.3, 0.4) is 0 Å². The zero-order chi connectivity index (χ0) is 13.6. The van der Waals surface area contributed by atoms with E-state index in [-0.39, 0.29) is 18.8 Å². The number of hydrogen-bond acceptors (Lipinski definition) is 4. The molecule has 2 N–H and O–H groups in total. The van der Waals surface area contributed by atoms with E-state index in [0.717, 1.165) is 13.1 Å². The van der Waals surface area contributed by atoms with E-state index in [1.165, 1.54) is 0 Å². The maximum Gasteiger partial charge on any atom is 0.411 e. The molecular formula is C11H21F3N2O2. The van der Waals surface area contributed by atoms with Gasteiger partial charge in [0.15, 0.2) is 0 Å². The molecule has 1 rings (SSSR count). The molecule has 108 valence electrons. The molecule has 2 unspecified atom stereocenters. The predicted molar refractivity (Wildman–Crippen MR) is 61.3 cm³/mol. The van der Waals surface area contributed by atoms with Crippen LogP contribution in [0.25, 0.3) is 0 Å². The van der Waals surface area contributed by atoms with Crippen LogP contribution in [0.5, 0.6) is 0 Å². The van der Waals surface area contributed by atoms with Crippen LogP contribution in [0.1, 0.15) is 13.3 Å². The molecule has 1 saturated heterocycles. The Hall–Kier alpha value is -0.370. The van der Waals surface area contributed by atoms with Gasteiger partial charge in [0.05, 0.1) is 12.7 Å². The number of nitrogens with two attached hydrogens (primary N) is 1. The first-order chi connectivity index (χ1) is 8.38. The third-order valence-corrected chi connectivity index (χ3v) is 2.79. The Morgan fingerprint density at radius 2 is 2.22 bits per heavy atom. The van der Waals surface area contributed by atoms with Gasteiger partial charge >= 0.3 is 6.18 Å². The molecule has 0 aromatic carbocycles. The van der Waals surface area contributed by atoms with E-state index in [9.17, 15) is 13.2 Å². The molecule has 0 amide bonds. The molecule has 1 aliphatic rings. The van der Waals surface area contributed by atoms with E-state index in [4.69, 9.17) is 10.5 Å². The summed E-state index contributed by atoms with van der Waals surface area (Å²) in [5.74, 6) is 0. The Morgan fingerprint density at radius 1 is 1.50 bits per heavy atom. The van der Waals surface area contributed by atoms with Gasteiger partial charge in [-0.3, -0.25) is 4.90 Å². The first kappa shape index (κ1) is 15.7. The molecule has 0 bridgehead atoms. The Morgan fingerprint density at radius 3 is 2.83 bits per heavy atom. The van der Waals surface area contributed by atoms with Gasteiger partial charge in [-0.15, -0.1) is 0 Å². The molecule has 0 aromatic rings. The zero-order valence-corrected chi connectivity index (χ0v) is 10.6. The molecule has 18 heavy (non-hydrogen) atoms. The Balaban J connectivity index is 2.08. The number of hydrogen-bond donors (Lipinski definition) is 1. The van der Waals surface area contributed by atoms with E-state index in [0.29, 0.717) is 19.6 Å². The lowest BCUT2D eigenvalue weighted by atomic mass is 10.1. The SMILES string of the molecule is CC(N)C1CN(CCCOCC(F)(F)F)CCO1. The summed E-state index contributed by atoms with van der Waals surface area (Å²) >= 11 is 0. The van der Waals surface area contributed by atoms with E-state index in [1.54, 1.807) is 0 Å². The predicted octanol–water partition coefficient (Wildman–Crippen LogP) is 1.00. The third kappa shape index (κ3) is 6.53. The number of halogens is 3. The number of morpholine rings is 1. The van der Waals surface area contributed by atoms with Crippen molar-refractivity contribution in [2.75, 3.05) is 39.5 Å². The van der Waals surface area contributed by atoms with Gasteiger partial charge in [-0.1, -0.05) is 0 Å². The maximum absolute atomic E-state index is 11.8. The fraction of sp³-hybridized carbons (Fsp3) is 1.00. The van der Waals surface area contributed by atoms with Gasteiger partial charge in [0.1, 0.15) is 6.61 Å². The molecule has 4 nitrogen and oxygen atoms in total. The van der Waals surface area contributed by atoms with Gasteiger partial charge in [0.2, 0.25) is 0 Å². The first-order valence-electron chi connectivity index (χ1n) is 6.12. The van der Waals surface area contributed by atoms with Crippen LogP contribution in [0.2, 0.25) is 0 Å². The highest BCUT2D eigenvalue weighted by molar-refractivity contribution is 4.77. The fourth-order valence-corrected chi connectivity index (χ4v) is 1.83. The summed E-state index contributed by atoms with van der Waals surface area (Å²) in [6.07, 6.45) is -3.64. The highest BCUT2D eigenvalue weighted by Gasteiger charge is 2.27. The van der Waals surface area contributed by atoms with Gasteiger partial charge in [0, 0.05) is 32.3 Å². The summed E-state index contributed by atoms with van der Waals surface area (Å²) in [4.78, 5) is 2.15. The van der Waals surface area contributed by atoms with E-state index in [1.807, 2.05) is 6.92 Å². The second-order valence-corrected chi connectivity index (χ2v) is 4.59. The maximum atomic E-state index is 11.8. The summed E-state index contributed by atoms with van der Waals surface area (Å²) in [6.45, 7) is 3.71. The van der Waals surface area contributed by atoms with Gasteiger partial charge in [-0.2, -0.15) is 13.2 Å². The van der Waals surface area contributed by atoms with Crippen LogP contribution < -0.4 is 5.73 Å². The number of rotatable bonds is 6. The summed E-state index contributed by atoms with van der Waals surface area (Å²) < 4.78 is 45.5. The van der Waals surface area contributed by atoms with E-state index >= 15 is 0 Å². The highest BCUT2D eigenvalue weighted by Crippen LogP contribution is 2.14. The van der Waals surface area contributed by atoms with Crippen LogP contribution in [0.4, 0.5) is 13.2 Å². The average Bonchev–Trinajstić information content (AvgIpc) is 2.27. The number of nitrogens with zero attached hydrogens (tertiary/aromatic N) is 1. The standard InChI is InChI=1S/C11H21F3N2O2/c1-9(15)10-7-16(4-6-18-10)3-2-5-17-8-11(12,13)14/h9-10H,2-8,15H2,1H3. The minimum absolute atomic E-state index is 0.00911. The Labute approximate surface area is 105 Å². The summed E-state index contributed by atoms with van der Waals surface area (Å²) in [7, 11) is 0. The molecule has 1 heterocycles. The second kappa shape index (κ2) is 7.28. The number of ether oxygens (including phenoxy) is 2. The smallest absolute Gasteiger partial charge is 0.374 e. The molecule has 0 spiro atoms. The van der Waals surface area contributed by atoms with Gasteiger partial charge < -0.3 is 15.2 Å². The van der Waals surface area contributed by atoms with Crippen LogP contribution in [0, 0.1) is 0 Å². The highest BCUT2D eigenvalue weighted by atomic mass is 19.4. The van der Waals surface area contributed by atoms with Crippen molar-refractivity contribution in [2.24, 2.45) is 5.73 Å². The lowest BCUT2D eigenvalue weighted by molar-refractivity contribution is -0.174. The van der Waals surface area contributed by atoms with Crippen LogP contribution >= 0.6 is 0 Å². The Bertz CT molecular complexity index is 237. The normalized spacial score (nSPS) is 24.2. The minimum atomic E-state index is -4.24. The van der Waals surface area contributed by atoms with Crippen LogP contribution in [-0.2, 0) is 9.47 Å². The summed E-state index contributed by atoms with van der Waals surface area (Å²) in [5.41, 5.74) is 5.75. The zero-order valence-electron chi connectivity index (χ0n) is 10.6. The fourth-order valence-electron chi connectivity index (χ4n) is 1.83. The number of alkyl halides is 3. The van der Waals surface area contributed by atoms with Crippen LogP contribution in [0.15, 0.2) is 0 Å². The lowest BCUT2D eigenvalue weighted by Crippen LogP contribution is -2.49. The van der Waals surface area contributed by atoms with Crippen molar-refractivity contribution < 1.29 is 22.6 Å². The molecule has 1 aliphatic heterocycles. The van der Waals surface area contributed by atoms with Gasteiger partial charge in [0.25, 0.3) is 0 Å². The second-order valence-electron chi connectivity index (χ2n) is 4.59. The molecule has 1 fully saturated rings. The van der Waals surface area contributed by atoms with Crippen molar-refractivity contribution in [2.45, 2.75) is 31.7 Å². The largest absolute Gasteiger partial charge is 0.411 e. The molecule has 0 saturated carbocycles. The average molecular weight is 270 g/mol. The monoisotopic (exact) mass is 270 g/mol. The third-order valence-electron chi connectivity index (χ3n) is 2.79. The van der Waals surface area contributed by atoms with E-state index < -0.39 is 12.8 Å². The quantitative estimate of drug-likeness (QED) is 0.732. The summed E-state index contributed by atoms with van der Waals surface area (Å²) in [5, 5.41) is 0.